The van der Waals surface area contributed by atoms with Gasteiger partial charge in [0.25, 0.3) is 15.9 Å². The quantitative estimate of drug-likeness (QED) is 0.629. The third-order valence-corrected chi connectivity index (χ3v) is 5.76. The fraction of sp³-hybridized carbons (Fsp3) is 0.143. The number of aromatic nitrogens is 1. The highest BCUT2D eigenvalue weighted by Gasteiger charge is 2.19. The molecule has 1 aromatic heterocycles. The van der Waals surface area contributed by atoms with Crippen LogP contribution >= 0.6 is 0 Å². The first-order valence-corrected chi connectivity index (χ1v) is 10.7. The Morgan fingerprint density at radius 2 is 1.73 bits per heavy atom. The number of fused-ring (bicyclic) bond motifs is 1. The largest absolute Gasteiger partial charge is 0.486 e. The Morgan fingerprint density at radius 1 is 0.967 bits per heavy atom. The molecule has 1 aliphatic rings. The number of ether oxygens (including phenoxy) is 2. The van der Waals surface area contributed by atoms with Crippen molar-refractivity contribution < 1.29 is 22.7 Å². The molecule has 0 fully saturated rings. The Kier molecular flexibility index (Phi) is 5.53. The Morgan fingerprint density at radius 3 is 2.47 bits per heavy atom. The van der Waals surface area contributed by atoms with Crippen LogP contribution in [0.15, 0.2) is 71.8 Å². The number of carbonyl (C=O) groups excluding carboxylic acids is 1. The second kappa shape index (κ2) is 8.42. The zero-order valence-electron chi connectivity index (χ0n) is 15.9. The molecule has 0 radical (unpaired) electrons. The Balaban J connectivity index is 1.42. The van der Waals surface area contributed by atoms with E-state index in [1.165, 1.54) is 24.3 Å². The normalized spacial score (nSPS) is 12.8. The number of carbonyl (C=O) groups is 1. The van der Waals surface area contributed by atoms with Crippen molar-refractivity contribution in [2.75, 3.05) is 17.9 Å². The van der Waals surface area contributed by atoms with E-state index in [1.54, 1.807) is 30.5 Å². The van der Waals surface area contributed by atoms with Crippen LogP contribution in [0, 0.1) is 0 Å². The second-order valence-electron chi connectivity index (χ2n) is 6.49. The van der Waals surface area contributed by atoms with E-state index in [4.69, 9.17) is 9.47 Å². The van der Waals surface area contributed by atoms with Crippen LogP contribution in [-0.4, -0.2) is 32.5 Å². The highest BCUT2D eigenvalue weighted by atomic mass is 32.2. The summed E-state index contributed by atoms with van der Waals surface area (Å²) in [6.07, 6.45) is 1.66. The molecule has 0 atom stereocenters. The number of pyridine rings is 1. The van der Waals surface area contributed by atoms with Gasteiger partial charge in [0.05, 0.1) is 17.1 Å². The lowest BCUT2D eigenvalue weighted by Gasteiger charge is -2.19. The van der Waals surface area contributed by atoms with Gasteiger partial charge in [-0.1, -0.05) is 6.07 Å². The molecule has 0 aliphatic carbocycles. The van der Waals surface area contributed by atoms with Crippen molar-refractivity contribution in [3.05, 3.63) is 78.1 Å². The smallest absolute Gasteiger partial charge is 0.262 e. The fourth-order valence-electron chi connectivity index (χ4n) is 2.87. The highest BCUT2D eigenvalue weighted by molar-refractivity contribution is 7.92. The lowest BCUT2D eigenvalue weighted by Crippen LogP contribution is -2.23. The molecule has 154 valence electrons. The maximum atomic E-state index is 12.7. The summed E-state index contributed by atoms with van der Waals surface area (Å²) in [5.74, 6) is 0.632. The average molecular weight is 425 g/mol. The third-order valence-electron chi connectivity index (χ3n) is 4.38. The highest BCUT2D eigenvalue weighted by Crippen LogP contribution is 2.32. The molecule has 0 saturated heterocycles. The number of rotatable bonds is 6. The third kappa shape index (κ3) is 4.52. The van der Waals surface area contributed by atoms with Gasteiger partial charge in [0.1, 0.15) is 13.2 Å². The van der Waals surface area contributed by atoms with E-state index in [1.807, 2.05) is 12.1 Å². The molecule has 1 amide bonds. The monoisotopic (exact) mass is 425 g/mol. The van der Waals surface area contributed by atoms with E-state index < -0.39 is 10.0 Å². The standard InChI is InChI=1S/C21H19N3O5S/c25-21(23-14-17-3-1-2-10-22-17)15-4-6-16(7-5-15)24-30(26,27)18-8-9-19-20(13-18)29-12-11-28-19/h1-10,13,24H,11-12,14H2,(H,23,25). The van der Waals surface area contributed by atoms with Crippen molar-refractivity contribution in [3.8, 4) is 11.5 Å². The van der Waals surface area contributed by atoms with Crippen LogP contribution in [0.1, 0.15) is 16.1 Å². The number of anilines is 1. The topological polar surface area (TPSA) is 107 Å². The first-order valence-electron chi connectivity index (χ1n) is 9.22. The van der Waals surface area contributed by atoms with Crippen LogP contribution in [0.25, 0.3) is 0 Å². The molecule has 2 N–H and O–H groups in total. The minimum absolute atomic E-state index is 0.0592. The number of nitrogens with one attached hydrogen (secondary N) is 2. The SMILES string of the molecule is O=C(NCc1ccccn1)c1ccc(NS(=O)(=O)c2ccc3c(c2)OCCO3)cc1. The van der Waals surface area contributed by atoms with Crippen molar-refractivity contribution in [2.24, 2.45) is 0 Å². The van der Waals surface area contributed by atoms with Gasteiger partial charge in [-0.3, -0.25) is 14.5 Å². The number of sulfonamides is 1. The molecule has 8 nitrogen and oxygen atoms in total. The van der Waals surface area contributed by atoms with Crippen molar-refractivity contribution in [2.45, 2.75) is 11.4 Å². The number of hydrogen-bond acceptors (Lipinski definition) is 6. The summed E-state index contributed by atoms with van der Waals surface area (Å²) >= 11 is 0. The van der Waals surface area contributed by atoms with Crippen LogP contribution < -0.4 is 19.5 Å². The van der Waals surface area contributed by atoms with Crippen LogP contribution in [0.3, 0.4) is 0 Å². The minimum atomic E-state index is -3.82. The van der Waals surface area contributed by atoms with E-state index >= 15 is 0 Å². The summed E-state index contributed by atoms with van der Waals surface area (Å²) in [6, 6.07) is 16.1. The van der Waals surface area contributed by atoms with Gasteiger partial charge < -0.3 is 14.8 Å². The van der Waals surface area contributed by atoms with Gasteiger partial charge in [-0.05, 0) is 48.5 Å². The lowest BCUT2D eigenvalue weighted by molar-refractivity contribution is 0.0950. The van der Waals surface area contributed by atoms with Crippen molar-refractivity contribution in [1.82, 2.24) is 10.3 Å². The van der Waals surface area contributed by atoms with Crippen LogP contribution in [0.2, 0.25) is 0 Å². The fourth-order valence-corrected chi connectivity index (χ4v) is 3.94. The Labute approximate surface area is 173 Å². The first-order chi connectivity index (χ1) is 14.5. The van der Waals surface area contributed by atoms with E-state index in [2.05, 4.69) is 15.0 Å². The molecule has 0 bridgehead atoms. The first kappa shape index (κ1) is 19.7. The van der Waals surface area contributed by atoms with Gasteiger partial charge in [0.2, 0.25) is 0 Å². The van der Waals surface area contributed by atoms with E-state index in [0.29, 0.717) is 42.5 Å². The molecule has 9 heteroatoms. The molecule has 0 unspecified atom stereocenters. The summed E-state index contributed by atoms with van der Waals surface area (Å²) in [7, 11) is -3.82. The maximum Gasteiger partial charge on any atom is 0.262 e. The molecule has 1 aliphatic heterocycles. The van der Waals surface area contributed by atoms with Crippen LogP contribution in [-0.2, 0) is 16.6 Å². The van der Waals surface area contributed by atoms with Gasteiger partial charge in [0.15, 0.2) is 11.5 Å². The van der Waals surface area contributed by atoms with E-state index in [-0.39, 0.29) is 10.8 Å². The molecule has 30 heavy (non-hydrogen) atoms. The predicted octanol–water partition coefficient (Wildman–Crippen LogP) is 2.58. The van der Waals surface area contributed by atoms with Gasteiger partial charge >= 0.3 is 0 Å². The summed E-state index contributed by atoms with van der Waals surface area (Å²) in [6.45, 7) is 1.10. The van der Waals surface area contributed by atoms with E-state index in [9.17, 15) is 13.2 Å². The van der Waals surface area contributed by atoms with E-state index in [0.717, 1.165) is 5.69 Å². The molecule has 2 heterocycles. The van der Waals surface area contributed by atoms with Crippen molar-refractivity contribution in [1.29, 1.82) is 0 Å². The molecular formula is C21H19N3O5S. The summed E-state index contributed by atoms with van der Waals surface area (Å²) in [5, 5.41) is 2.77. The zero-order chi connectivity index (χ0) is 21.0. The summed E-state index contributed by atoms with van der Waals surface area (Å²) in [5.41, 5.74) is 1.49. The van der Waals surface area contributed by atoms with Crippen molar-refractivity contribution >= 4 is 21.6 Å². The zero-order valence-corrected chi connectivity index (χ0v) is 16.7. The number of amides is 1. The molecule has 4 rings (SSSR count). The second-order valence-corrected chi connectivity index (χ2v) is 8.17. The summed E-state index contributed by atoms with van der Waals surface area (Å²) in [4.78, 5) is 16.5. The number of hydrogen-bond donors (Lipinski definition) is 2. The maximum absolute atomic E-state index is 12.7. The summed E-state index contributed by atoms with van der Waals surface area (Å²) < 4.78 is 38.7. The molecule has 0 spiro atoms. The van der Waals surface area contributed by atoms with Gasteiger partial charge in [0, 0.05) is 23.5 Å². The Bertz CT molecular complexity index is 1150. The molecule has 3 aromatic rings. The molecule has 2 aromatic carbocycles. The van der Waals surface area contributed by atoms with Crippen LogP contribution in [0.4, 0.5) is 5.69 Å². The minimum Gasteiger partial charge on any atom is -0.486 e. The molecular weight excluding hydrogens is 406 g/mol. The van der Waals surface area contributed by atoms with Crippen LogP contribution in [0.5, 0.6) is 11.5 Å². The van der Waals surface area contributed by atoms with Gasteiger partial charge in [-0.2, -0.15) is 0 Å². The van der Waals surface area contributed by atoms with Gasteiger partial charge in [-0.25, -0.2) is 8.42 Å². The Hall–Kier alpha value is -3.59. The lowest BCUT2D eigenvalue weighted by atomic mass is 10.2. The number of benzene rings is 2. The predicted molar refractivity (Wildman–Crippen MR) is 110 cm³/mol. The van der Waals surface area contributed by atoms with Crippen molar-refractivity contribution in [3.63, 3.8) is 0 Å². The molecule has 0 saturated carbocycles. The average Bonchev–Trinajstić information content (AvgIpc) is 2.78. The number of nitrogens with zero attached hydrogens (tertiary/aromatic N) is 1. The van der Waals surface area contributed by atoms with Gasteiger partial charge in [-0.15, -0.1) is 0 Å².